The Morgan fingerprint density at radius 2 is 1.84 bits per heavy atom. The highest BCUT2D eigenvalue weighted by Crippen LogP contribution is 2.36. The Hall–Kier alpha value is -3.78. The van der Waals surface area contributed by atoms with Gasteiger partial charge in [0.25, 0.3) is 11.6 Å². The number of carbonyl (C=O) groups excluding carboxylic acids is 1. The van der Waals surface area contributed by atoms with Crippen LogP contribution in [0.3, 0.4) is 0 Å². The van der Waals surface area contributed by atoms with E-state index in [-0.39, 0.29) is 40.1 Å². The van der Waals surface area contributed by atoms with Crippen molar-refractivity contribution in [2.45, 2.75) is 26.3 Å². The monoisotopic (exact) mass is 519 g/mol. The number of amides is 1. The maximum atomic E-state index is 13.5. The molecule has 0 unspecified atom stereocenters. The van der Waals surface area contributed by atoms with E-state index >= 15 is 0 Å². The molecule has 3 aromatic rings. The molecule has 7 nitrogen and oxygen atoms in total. The third-order valence-electron chi connectivity index (χ3n) is 7.04. The second-order valence-electron chi connectivity index (χ2n) is 10.3. The number of methoxy groups -OCH3 is 1. The molecule has 2 atom stereocenters. The van der Waals surface area contributed by atoms with Crippen LogP contribution in [0.2, 0.25) is 0 Å². The molecular weight excluding hydrogens is 485 g/mol. The summed E-state index contributed by atoms with van der Waals surface area (Å²) in [5.41, 5.74) is 2.35. The second-order valence-corrected chi connectivity index (χ2v) is 10.3. The Labute approximate surface area is 223 Å². The number of hydrogen-bond donors (Lipinski definition) is 0. The Kier molecular flexibility index (Phi) is 8.73. The van der Waals surface area contributed by atoms with Gasteiger partial charge < -0.3 is 9.64 Å². The van der Waals surface area contributed by atoms with Gasteiger partial charge in [0, 0.05) is 55.8 Å². The molecular formula is C30H34FN3O4. The van der Waals surface area contributed by atoms with E-state index in [0.717, 1.165) is 11.3 Å². The molecule has 0 saturated carbocycles. The summed E-state index contributed by atoms with van der Waals surface area (Å²) in [6, 6.07) is 20.5. The van der Waals surface area contributed by atoms with Crippen LogP contribution in [0.15, 0.2) is 72.8 Å². The fourth-order valence-corrected chi connectivity index (χ4v) is 5.33. The van der Waals surface area contributed by atoms with Gasteiger partial charge in [-0.3, -0.25) is 19.8 Å². The largest absolute Gasteiger partial charge is 0.497 e. The van der Waals surface area contributed by atoms with Gasteiger partial charge in [-0.25, -0.2) is 4.39 Å². The lowest BCUT2D eigenvalue weighted by atomic mass is 9.88. The third kappa shape index (κ3) is 6.55. The van der Waals surface area contributed by atoms with E-state index in [4.69, 9.17) is 4.74 Å². The molecule has 200 valence electrons. The van der Waals surface area contributed by atoms with Crippen LogP contribution in [0, 0.1) is 27.8 Å². The van der Waals surface area contributed by atoms with Crippen molar-refractivity contribution in [3.8, 4) is 5.75 Å². The number of rotatable bonds is 10. The molecule has 1 saturated heterocycles. The number of nitro groups is 1. The zero-order valence-corrected chi connectivity index (χ0v) is 22.0. The van der Waals surface area contributed by atoms with Gasteiger partial charge in [0.1, 0.15) is 11.6 Å². The van der Waals surface area contributed by atoms with E-state index in [1.807, 2.05) is 29.2 Å². The summed E-state index contributed by atoms with van der Waals surface area (Å²) in [4.78, 5) is 28.9. The number of ether oxygens (including phenoxy) is 1. The van der Waals surface area contributed by atoms with Crippen LogP contribution in [-0.4, -0.2) is 53.9 Å². The highest BCUT2D eigenvalue weighted by Gasteiger charge is 2.37. The molecule has 1 heterocycles. The maximum Gasteiger partial charge on any atom is 0.273 e. The van der Waals surface area contributed by atoms with Crippen LogP contribution in [0.25, 0.3) is 0 Å². The Bertz CT molecular complexity index is 1260. The first-order valence-electron chi connectivity index (χ1n) is 12.9. The number of halogens is 1. The van der Waals surface area contributed by atoms with E-state index < -0.39 is 0 Å². The molecule has 1 aliphatic rings. The molecule has 0 aliphatic carbocycles. The number of para-hydroxylation sites is 1. The summed E-state index contributed by atoms with van der Waals surface area (Å²) in [6.45, 7) is 7.05. The molecule has 3 aromatic carbocycles. The number of nitro benzene ring substituents is 1. The van der Waals surface area contributed by atoms with E-state index in [1.165, 1.54) is 30.3 Å². The third-order valence-corrected chi connectivity index (χ3v) is 7.04. The lowest BCUT2D eigenvalue weighted by molar-refractivity contribution is -0.385. The maximum absolute atomic E-state index is 13.5. The van der Waals surface area contributed by atoms with Gasteiger partial charge in [0.05, 0.1) is 12.0 Å². The van der Waals surface area contributed by atoms with Crippen LogP contribution in [0.4, 0.5) is 10.1 Å². The van der Waals surface area contributed by atoms with Crippen molar-refractivity contribution in [2.24, 2.45) is 11.8 Å². The van der Waals surface area contributed by atoms with Gasteiger partial charge >= 0.3 is 0 Å². The van der Waals surface area contributed by atoms with Crippen molar-refractivity contribution in [2.75, 3.05) is 33.3 Å². The van der Waals surface area contributed by atoms with E-state index in [1.54, 1.807) is 19.2 Å². The summed E-state index contributed by atoms with van der Waals surface area (Å²) in [6.07, 6.45) is 0. The Morgan fingerprint density at radius 3 is 2.53 bits per heavy atom. The van der Waals surface area contributed by atoms with Crippen LogP contribution >= 0.6 is 0 Å². The van der Waals surface area contributed by atoms with Gasteiger partial charge in [-0.15, -0.1) is 0 Å². The van der Waals surface area contributed by atoms with E-state index in [2.05, 4.69) is 24.8 Å². The van der Waals surface area contributed by atoms with Gasteiger partial charge in [-0.05, 0) is 53.8 Å². The van der Waals surface area contributed by atoms with E-state index in [0.29, 0.717) is 43.9 Å². The lowest BCUT2D eigenvalue weighted by Gasteiger charge is -2.30. The molecule has 0 aromatic heterocycles. The van der Waals surface area contributed by atoms with Gasteiger partial charge in [0.2, 0.25) is 0 Å². The SMILES string of the molecule is COc1cccc([C@@H]2CN(Cc3ccccc3[N+](=O)[O-])C[C@H]2CN(CC(C)C)C(=O)c2ccc(F)cc2)c1. The van der Waals surface area contributed by atoms with Crippen LogP contribution in [0.5, 0.6) is 5.75 Å². The highest BCUT2D eigenvalue weighted by molar-refractivity contribution is 5.94. The number of carbonyl (C=O) groups is 1. The second kappa shape index (κ2) is 12.2. The van der Waals surface area contributed by atoms with Gasteiger partial charge in [-0.2, -0.15) is 0 Å². The zero-order chi connectivity index (χ0) is 27.2. The molecule has 4 rings (SSSR count). The van der Waals surface area contributed by atoms with Crippen molar-refractivity contribution >= 4 is 11.6 Å². The molecule has 1 aliphatic heterocycles. The highest BCUT2D eigenvalue weighted by atomic mass is 19.1. The van der Waals surface area contributed by atoms with Crippen LogP contribution in [0.1, 0.15) is 41.3 Å². The average Bonchev–Trinajstić information content (AvgIpc) is 3.30. The molecule has 1 fully saturated rings. The van der Waals surface area contributed by atoms with Crippen molar-refractivity contribution in [1.29, 1.82) is 0 Å². The van der Waals surface area contributed by atoms with Crippen molar-refractivity contribution in [3.05, 3.63) is 105 Å². The lowest BCUT2D eigenvalue weighted by Crippen LogP contribution is -2.39. The van der Waals surface area contributed by atoms with Crippen molar-refractivity contribution in [1.82, 2.24) is 9.80 Å². The summed E-state index contributed by atoms with van der Waals surface area (Å²) in [7, 11) is 1.64. The standard InChI is InChI=1S/C30H34FN3O4/c1-21(2)16-33(30(35)22-11-13-26(31)14-12-22)19-25-18-32(17-24-7-4-5-10-29(24)34(36)37)20-28(25)23-8-6-9-27(15-23)38-3/h4-15,21,25,28H,16-20H2,1-3H3/t25-,28-/m0/s1. The van der Waals surface area contributed by atoms with Crippen molar-refractivity contribution < 1.29 is 18.8 Å². The summed E-state index contributed by atoms with van der Waals surface area (Å²) in [5.74, 6) is 0.701. The zero-order valence-electron chi connectivity index (χ0n) is 22.0. The fourth-order valence-electron chi connectivity index (χ4n) is 5.33. The normalized spacial score (nSPS) is 17.5. The molecule has 8 heteroatoms. The first-order chi connectivity index (χ1) is 18.2. The smallest absolute Gasteiger partial charge is 0.273 e. The summed E-state index contributed by atoms with van der Waals surface area (Å²) in [5, 5.41) is 11.6. The first kappa shape index (κ1) is 27.3. The summed E-state index contributed by atoms with van der Waals surface area (Å²) >= 11 is 0. The minimum Gasteiger partial charge on any atom is -0.497 e. The predicted molar refractivity (Wildman–Crippen MR) is 145 cm³/mol. The number of nitrogens with zero attached hydrogens (tertiary/aromatic N) is 3. The molecule has 38 heavy (non-hydrogen) atoms. The fraction of sp³-hybridized carbons (Fsp3) is 0.367. The average molecular weight is 520 g/mol. The summed E-state index contributed by atoms with van der Waals surface area (Å²) < 4.78 is 19.0. The molecule has 1 amide bonds. The Morgan fingerprint density at radius 1 is 1.11 bits per heavy atom. The topological polar surface area (TPSA) is 75.9 Å². The molecule has 0 radical (unpaired) electrons. The van der Waals surface area contributed by atoms with Crippen molar-refractivity contribution in [3.63, 3.8) is 0 Å². The van der Waals surface area contributed by atoms with Crippen LogP contribution < -0.4 is 4.74 Å². The minimum atomic E-state index is -0.378. The van der Waals surface area contributed by atoms with Crippen LogP contribution in [-0.2, 0) is 6.54 Å². The minimum absolute atomic E-state index is 0.0908. The predicted octanol–water partition coefficient (Wildman–Crippen LogP) is 5.76. The quantitative estimate of drug-likeness (QED) is 0.252. The molecule has 0 N–H and O–H groups in total. The molecule has 0 bridgehead atoms. The van der Waals surface area contributed by atoms with E-state index in [9.17, 15) is 19.3 Å². The number of hydrogen-bond acceptors (Lipinski definition) is 5. The first-order valence-corrected chi connectivity index (χ1v) is 12.9. The Balaban J connectivity index is 1.63. The molecule has 0 spiro atoms. The van der Waals surface area contributed by atoms with Gasteiger partial charge in [-0.1, -0.05) is 44.2 Å². The van der Waals surface area contributed by atoms with Gasteiger partial charge in [0.15, 0.2) is 0 Å². The number of benzene rings is 3. The number of likely N-dealkylation sites (tertiary alicyclic amines) is 1.